The molecule has 5 rings (SSSR count). The second-order valence-corrected chi connectivity index (χ2v) is 7.39. The average Bonchev–Trinajstić information content (AvgIpc) is 3.04. The molecule has 3 heterocycles. The summed E-state index contributed by atoms with van der Waals surface area (Å²) < 4.78 is 17.3. The van der Waals surface area contributed by atoms with Gasteiger partial charge in [0.25, 0.3) is 0 Å². The number of rotatable bonds is 1. The highest BCUT2D eigenvalue weighted by atomic mass is 16.5. The van der Waals surface area contributed by atoms with Gasteiger partial charge in [-0.15, -0.1) is 0 Å². The van der Waals surface area contributed by atoms with E-state index in [9.17, 15) is 9.59 Å². The summed E-state index contributed by atoms with van der Waals surface area (Å²) in [4.78, 5) is 25.0. The summed E-state index contributed by atoms with van der Waals surface area (Å²) in [5.74, 6) is 1.42. The van der Waals surface area contributed by atoms with E-state index in [-0.39, 0.29) is 24.1 Å². The number of hydrogen-bond acceptors (Lipinski definition) is 5. The topological polar surface area (TPSA) is 61.8 Å². The maximum atomic E-state index is 12.7. The number of allylic oxidation sites excluding steroid dienone is 2. The molecule has 0 spiro atoms. The second kappa shape index (κ2) is 6.09. The van der Waals surface area contributed by atoms with Crippen molar-refractivity contribution in [3.63, 3.8) is 0 Å². The van der Waals surface area contributed by atoms with E-state index >= 15 is 0 Å². The molecule has 0 N–H and O–H groups in total. The maximum absolute atomic E-state index is 12.7. The third-order valence-electron chi connectivity index (χ3n) is 5.31. The van der Waals surface area contributed by atoms with Gasteiger partial charge in [-0.05, 0) is 49.3 Å². The average molecular weight is 374 g/mol. The van der Waals surface area contributed by atoms with Gasteiger partial charge >= 0.3 is 5.97 Å². The molecule has 1 atom stereocenters. The number of ether oxygens (including phenoxy) is 3. The number of carbonyl (C=O) groups is 2. The molecule has 0 bridgehead atoms. The van der Waals surface area contributed by atoms with Gasteiger partial charge in [-0.2, -0.15) is 0 Å². The van der Waals surface area contributed by atoms with E-state index in [4.69, 9.17) is 14.2 Å². The lowest BCUT2D eigenvalue weighted by atomic mass is 9.83. The van der Waals surface area contributed by atoms with Gasteiger partial charge in [0.1, 0.15) is 23.9 Å². The van der Waals surface area contributed by atoms with Crippen LogP contribution in [0.4, 0.5) is 0 Å². The molecule has 0 unspecified atom stereocenters. The molecule has 28 heavy (non-hydrogen) atoms. The Morgan fingerprint density at radius 2 is 1.82 bits per heavy atom. The predicted molar refractivity (Wildman–Crippen MR) is 103 cm³/mol. The van der Waals surface area contributed by atoms with Gasteiger partial charge in [-0.3, -0.25) is 9.59 Å². The Morgan fingerprint density at radius 3 is 2.64 bits per heavy atom. The molecule has 3 aliphatic rings. The Hall–Kier alpha value is -3.34. The van der Waals surface area contributed by atoms with Crippen LogP contribution in [0.1, 0.15) is 47.7 Å². The van der Waals surface area contributed by atoms with Crippen LogP contribution < -0.4 is 14.2 Å². The highest BCUT2D eigenvalue weighted by Crippen LogP contribution is 2.50. The Morgan fingerprint density at radius 1 is 1.00 bits per heavy atom. The van der Waals surface area contributed by atoms with Crippen molar-refractivity contribution in [3.8, 4) is 17.2 Å². The molecule has 2 aromatic rings. The van der Waals surface area contributed by atoms with E-state index in [2.05, 4.69) is 6.08 Å². The van der Waals surface area contributed by atoms with Crippen LogP contribution in [0, 0.1) is 0 Å². The predicted octanol–water partition coefficient (Wildman–Crippen LogP) is 4.42. The fourth-order valence-corrected chi connectivity index (χ4v) is 3.97. The van der Waals surface area contributed by atoms with Gasteiger partial charge in [0.15, 0.2) is 5.76 Å². The molecule has 0 amide bonds. The number of para-hydroxylation sites is 1. The zero-order chi connectivity index (χ0) is 19.4. The first-order chi connectivity index (χ1) is 13.5. The summed E-state index contributed by atoms with van der Waals surface area (Å²) in [6, 6.07) is 11.1. The molecule has 0 aliphatic carbocycles. The molecular weight excluding hydrogens is 356 g/mol. The van der Waals surface area contributed by atoms with Crippen LogP contribution >= 0.6 is 0 Å². The highest BCUT2D eigenvalue weighted by molar-refractivity contribution is 6.13. The van der Waals surface area contributed by atoms with Crippen LogP contribution in [0.25, 0.3) is 6.08 Å². The molecule has 0 aromatic heterocycles. The molecule has 0 saturated carbocycles. The summed E-state index contributed by atoms with van der Waals surface area (Å²) in [7, 11) is 0. The first kappa shape index (κ1) is 16.8. The minimum absolute atomic E-state index is 0.132. The third-order valence-corrected chi connectivity index (χ3v) is 5.31. The Kier molecular flexibility index (Phi) is 3.66. The summed E-state index contributed by atoms with van der Waals surface area (Å²) >= 11 is 0. The lowest BCUT2D eigenvalue weighted by Crippen LogP contribution is -2.24. The standard InChI is InChI=1S/C23H18O5/c1-12(2)22-21(25)15-7-8-18-20(23(15)28-22)16(10-19(24)27-18)14-9-13-5-3-4-6-17(13)26-11-14/h3-9,16H,10-11H2,1-2H3/t16-/m0/s1. The van der Waals surface area contributed by atoms with Crippen molar-refractivity contribution in [2.75, 3.05) is 6.61 Å². The van der Waals surface area contributed by atoms with Crippen LogP contribution in [0.3, 0.4) is 0 Å². The van der Waals surface area contributed by atoms with Gasteiger partial charge < -0.3 is 14.2 Å². The quantitative estimate of drug-likeness (QED) is 0.420. The summed E-state index contributed by atoms with van der Waals surface area (Å²) in [5.41, 5.74) is 4.01. The van der Waals surface area contributed by atoms with Crippen LogP contribution in [-0.4, -0.2) is 18.4 Å². The van der Waals surface area contributed by atoms with Crippen LogP contribution in [0.2, 0.25) is 0 Å². The first-order valence-electron chi connectivity index (χ1n) is 9.23. The minimum Gasteiger partial charge on any atom is -0.489 e. The number of Topliss-reactive ketones (excluding diaryl/α,β-unsaturated/α-hetero) is 1. The number of hydrogen-bond donors (Lipinski definition) is 0. The van der Waals surface area contributed by atoms with E-state index in [1.165, 1.54) is 0 Å². The lowest BCUT2D eigenvalue weighted by Gasteiger charge is -2.30. The normalized spacial score (nSPS) is 19.6. The highest BCUT2D eigenvalue weighted by Gasteiger charge is 2.40. The molecule has 5 nitrogen and oxygen atoms in total. The zero-order valence-electron chi connectivity index (χ0n) is 15.6. The Bertz CT molecular complexity index is 1100. The largest absolute Gasteiger partial charge is 0.489 e. The summed E-state index contributed by atoms with van der Waals surface area (Å²) in [6.45, 7) is 4.07. The van der Waals surface area contributed by atoms with Crippen molar-refractivity contribution in [2.45, 2.75) is 26.2 Å². The monoisotopic (exact) mass is 374 g/mol. The van der Waals surface area contributed by atoms with Crippen LogP contribution in [0.15, 0.2) is 53.3 Å². The first-order valence-corrected chi connectivity index (χ1v) is 9.23. The number of benzene rings is 2. The molecule has 0 radical (unpaired) electrons. The van der Waals surface area contributed by atoms with Gasteiger partial charge in [-0.1, -0.05) is 18.2 Å². The van der Waals surface area contributed by atoms with Crippen molar-refractivity contribution >= 4 is 17.8 Å². The van der Waals surface area contributed by atoms with Gasteiger partial charge in [0, 0.05) is 17.0 Å². The number of fused-ring (bicyclic) bond motifs is 4. The van der Waals surface area contributed by atoms with E-state index in [1.54, 1.807) is 12.1 Å². The molecule has 0 fully saturated rings. The van der Waals surface area contributed by atoms with Gasteiger partial charge in [0.2, 0.25) is 5.78 Å². The van der Waals surface area contributed by atoms with E-state index in [0.29, 0.717) is 29.4 Å². The molecule has 3 aliphatic heterocycles. The molecular formula is C23H18O5. The zero-order valence-corrected chi connectivity index (χ0v) is 15.6. The molecule has 140 valence electrons. The summed E-state index contributed by atoms with van der Waals surface area (Å²) in [6.07, 6.45) is 2.24. The van der Waals surface area contributed by atoms with Crippen molar-refractivity contribution in [1.82, 2.24) is 0 Å². The van der Waals surface area contributed by atoms with E-state index in [1.807, 2.05) is 38.1 Å². The molecule has 0 saturated heterocycles. The number of esters is 1. The molecule has 2 aromatic carbocycles. The number of ketones is 1. The second-order valence-electron chi connectivity index (χ2n) is 7.39. The van der Waals surface area contributed by atoms with Crippen molar-refractivity contribution in [1.29, 1.82) is 0 Å². The SMILES string of the molecule is CC(C)=C1Oc2c(ccc3c2[C@H](C2=Cc4ccccc4OC2)CC(=O)O3)C1=O. The smallest absolute Gasteiger partial charge is 0.312 e. The van der Waals surface area contributed by atoms with Gasteiger partial charge in [0.05, 0.1) is 12.0 Å². The Balaban J connectivity index is 1.67. The maximum Gasteiger partial charge on any atom is 0.312 e. The fraction of sp³-hybridized carbons (Fsp3) is 0.217. The van der Waals surface area contributed by atoms with E-state index < -0.39 is 0 Å². The third kappa shape index (κ3) is 2.47. The summed E-state index contributed by atoms with van der Waals surface area (Å²) in [5, 5.41) is 0. The van der Waals surface area contributed by atoms with Crippen molar-refractivity contribution < 1.29 is 23.8 Å². The Labute approximate surface area is 162 Å². The van der Waals surface area contributed by atoms with E-state index in [0.717, 1.165) is 28.0 Å². The minimum atomic E-state index is -0.302. The van der Waals surface area contributed by atoms with Gasteiger partial charge in [-0.25, -0.2) is 0 Å². The van der Waals surface area contributed by atoms with Crippen molar-refractivity contribution in [3.05, 3.63) is 70.0 Å². The fourth-order valence-electron chi connectivity index (χ4n) is 3.97. The van der Waals surface area contributed by atoms with Crippen LogP contribution in [-0.2, 0) is 4.79 Å². The number of carbonyl (C=O) groups excluding carboxylic acids is 2. The lowest BCUT2D eigenvalue weighted by molar-refractivity contribution is -0.135. The molecule has 5 heteroatoms. The van der Waals surface area contributed by atoms with Crippen molar-refractivity contribution in [2.24, 2.45) is 0 Å². The van der Waals surface area contributed by atoms with Crippen LogP contribution in [0.5, 0.6) is 17.2 Å².